The molecule has 0 bridgehead atoms. The van der Waals surface area contributed by atoms with Gasteiger partial charge in [-0.05, 0) is 43.2 Å². The number of halogens is 2. The molecule has 1 aliphatic rings. The Hall–Kier alpha value is -2.44. The summed E-state index contributed by atoms with van der Waals surface area (Å²) in [6, 6.07) is 8.15. The Morgan fingerprint density at radius 2 is 2.22 bits per heavy atom. The van der Waals surface area contributed by atoms with E-state index in [0.717, 1.165) is 30.2 Å². The van der Waals surface area contributed by atoms with Crippen LogP contribution in [0.15, 0.2) is 36.5 Å². The van der Waals surface area contributed by atoms with Crippen molar-refractivity contribution in [2.75, 3.05) is 25.6 Å². The van der Waals surface area contributed by atoms with Gasteiger partial charge >= 0.3 is 0 Å². The summed E-state index contributed by atoms with van der Waals surface area (Å²) in [5.41, 5.74) is 0.865. The maximum absolute atomic E-state index is 14.4. The van der Waals surface area contributed by atoms with Crippen molar-refractivity contribution in [3.8, 4) is 17.0 Å². The van der Waals surface area contributed by atoms with Crippen molar-refractivity contribution in [1.82, 2.24) is 9.97 Å². The predicted octanol–water partition coefficient (Wildman–Crippen LogP) is 4.69. The molecule has 27 heavy (non-hydrogen) atoms. The van der Waals surface area contributed by atoms with Gasteiger partial charge in [0.1, 0.15) is 22.5 Å². The van der Waals surface area contributed by atoms with E-state index in [2.05, 4.69) is 15.3 Å². The van der Waals surface area contributed by atoms with Crippen molar-refractivity contribution in [3.05, 3.63) is 47.5 Å². The fourth-order valence-electron chi connectivity index (χ4n) is 3.24. The third-order valence-corrected chi connectivity index (χ3v) is 4.86. The molecule has 2 aromatic heterocycles. The highest BCUT2D eigenvalue weighted by atomic mass is 35.5. The van der Waals surface area contributed by atoms with Gasteiger partial charge in [-0.15, -0.1) is 0 Å². The second-order valence-electron chi connectivity index (χ2n) is 6.45. The highest BCUT2D eigenvalue weighted by Gasteiger charge is 2.17. The molecule has 1 aromatic carbocycles. The highest BCUT2D eigenvalue weighted by molar-refractivity contribution is 6.30. The van der Waals surface area contributed by atoms with E-state index in [0.29, 0.717) is 34.5 Å². The van der Waals surface area contributed by atoms with Crippen LogP contribution in [0.5, 0.6) is 5.75 Å². The molecule has 1 N–H and O–H groups in total. The van der Waals surface area contributed by atoms with Crippen molar-refractivity contribution < 1.29 is 13.9 Å². The second-order valence-corrected chi connectivity index (χ2v) is 6.83. The number of aromatic nitrogens is 2. The summed E-state index contributed by atoms with van der Waals surface area (Å²) in [6.07, 6.45) is 3.89. The van der Waals surface area contributed by atoms with Gasteiger partial charge in [-0.2, -0.15) is 0 Å². The second kappa shape index (κ2) is 7.66. The molecule has 3 heterocycles. The molecule has 0 radical (unpaired) electrons. The van der Waals surface area contributed by atoms with Gasteiger partial charge in [-0.3, -0.25) is 0 Å². The average molecular weight is 388 g/mol. The maximum atomic E-state index is 14.4. The first-order valence-corrected chi connectivity index (χ1v) is 9.17. The first-order valence-electron chi connectivity index (χ1n) is 8.80. The summed E-state index contributed by atoms with van der Waals surface area (Å²) >= 11 is 6.07. The van der Waals surface area contributed by atoms with Crippen LogP contribution in [0.4, 0.5) is 10.2 Å². The molecule has 5 nitrogen and oxygen atoms in total. The molecular formula is C20H19ClFN3O2. The molecule has 0 spiro atoms. The van der Waals surface area contributed by atoms with Crippen LogP contribution in [0.3, 0.4) is 0 Å². The number of fused-ring (bicyclic) bond motifs is 1. The summed E-state index contributed by atoms with van der Waals surface area (Å²) in [5, 5.41) is 5.37. The zero-order chi connectivity index (χ0) is 18.8. The van der Waals surface area contributed by atoms with Crippen molar-refractivity contribution in [1.29, 1.82) is 0 Å². The van der Waals surface area contributed by atoms with Crippen molar-refractivity contribution in [3.63, 3.8) is 0 Å². The summed E-state index contributed by atoms with van der Waals surface area (Å²) in [4.78, 5) is 8.80. The van der Waals surface area contributed by atoms with E-state index in [1.807, 2.05) is 0 Å². The first-order chi connectivity index (χ1) is 13.1. The van der Waals surface area contributed by atoms with Gasteiger partial charge in [0.25, 0.3) is 0 Å². The van der Waals surface area contributed by atoms with Crippen LogP contribution in [0.25, 0.3) is 22.0 Å². The lowest BCUT2D eigenvalue weighted by atomic mass is 10.1. The zero-order valence-electron chi connectivity index (χ0n) is 14.8. The van der Waals surface area contributed by atoms with E-state index in [-0.39, 0.29) is 11.9 Å². The monoisotopic (exact) mass is 387 g/mol. The normalized spacial score (nSPS) is 16.6. The first kappa shape index (κ1) is 17.9. The van der Waals surface area contributed by atoms with Crippen LogP contribution in [0.2, 0.25) is 5.15 Å². The predicted molar refractivity (Wildman–Crippen MR) is 104 cm³/mol. The van der Waals surface area contributed by atoms with Crippen LogP contribution < -0.4 is 10.1 Å². The Labute approximate surface area is 161 Å². The zero-order valence-corrected chi connectivity index (χ0v) is 15.6. The van der Waals surface area contributed by atoms with Crippen molar-refractivity contribution in [2.45, 2.75) is 18.9 Å². The molecule has 1 aliphatic heterocycles. The van der Waals surface area contributed by atoms with Gasteiger partial charge < -0.3 is 14.8 Å². The van der Waals surface area contributed by atoms with E-state index in [1.54, 1.807) is 37.6 Å². The fraction of sp³-hybridized carbons (Fsp3) is 0.300. The lowest BCUT2D eigenvalue weighted by Crippen LogP contribution is -2.19. The van der Waals surface area contributed by atoms with E-state index in [4.69, 9.17) is 21.1 Å². The molecule has 140 valence electrons. The molecular weight excluding hydrogens is 369 g/mol. The standard InChI is InChI=1S/C20H19ClFN3O2/c1-26-13-4-5-17(22)16(8-13)18-7-12-10-23-19(21)9-15(12)20(25-18)24-11-14-3-2-6-27-14/h4-5,7-10,14H,2-3,6,11H2,1H3,(H,24,25). The number of nitrogens with zero attached hydrogens (tertiary/aromatic N) is 2. The third kappa shape index (κ3) is 3.82. The van der Waals surface area contributed by atoms with Crippen LogP contribution in [-0.2, 0) is 4.74 Å². The van der Waals surface area contributed by atoms with Crippen molar-refractivity contribution in [2.24, 2.45) is 0 Å². The molecule has 1 saturated heterocycles. The van der Waals surface area contributed by atoms with E-state index >= 15 is 0 Å². The summed E-state index contributed by atoms with van der Waals surface area (Å²) < 4.78 is 25.3. The lowest BCUT2D eigenvalue weighted by Gasteiger charge is -2.15. The van der Waals surface area contributed by atoms with Crippen LogP contribution in [-0.4, -0.2) is 36.3 Å². The van der Waals surface area contributed by atoms with E-state index < -0.39 is 0 Å². The minimum Gasteiger partial charge on any atom is -0.497 e. The van der Waals surface area contributed by atoms with Gasteiger partial charge in [0.05, 0.1) is 18.9 Å². The van der Waals surface area contributed by atoms with Crippen molar-refractivity contribution >= 4 is 28.2 Å². The number of hydrogen-bond donors (Lipinski definition) is 1. The third-order valence-electron chi connectivity index (χ3n) is 4.65. The van der Waals surface area contributed by atoms with Gasteiger partial charge in [0.15, 0.2) is 0 Å². The largest absolute Gasteiger partial charge is 0.497 e. The Morgan fingerprint density at radius 1 is 1.33 bits per heavy atom. The van der Waals surface area contributed by atoms with Crippen LogP contribution in [0, 0.1) is 5.82 Å². The fourth-order valence-corrected chi connectivity index (χ4v) is 3.39. The Balaban J connectivity index is 1.78. The molecule has 7 heteroatoms. The minimum atomic E-state index is -0.366. The maximum Gasteiger partial charge on any atom is 0.134 e. The molecule has 1 fully saturated rings. The average Bonchev–Trinajstić information content (AvgIpc) is 3.20. The van der Waals surface area contributed by atoms with E-state index in [1.165, 1.54) is 6.07 Å². The van der Waals surface area contributed by atoms with Crippen LogP contribution in [0.1, 0.15) is 12.8 Å². The Morgan fingerprint density at radius 3 is 3.00 bits per heavy atom. The number of ether oxygens (including phenoxy) is 2. The van der Waals surface area contributed by atoms with Gasteiger partial charge in [-0.1, -0.05) is 11.6 Å². The number of anilines is 1. The molecule has 0 aliphatic carbocycles. The summed E-state index contributed by atoms with van der Waals surface area (Å²) in [5.74, 6) is 0.829. The van der Waals surface area contributed by atoms with Crippen LogP contribution >= 0.6 is 11.6 Å². The molecule has 1 unspecified atom stereocenters. The number of benzene rings is 1. The summed E-state index contributed by atoms with van der Waals surface area (Å²) in [7, 11) is 1.55. The molecule has 1 atom stereocenters. The smallest absolute Gasteiger partial charge is 0.134 e. The molecule has 4 rings (SSSR count). The Kier molecular flexibility index (Phi) is 5.09. The topological polar surface area (TPSA) is 56.3 Å². The SMILES string of the molecule is COc1ccc(F)c(-c2cc3cnc(Cl)cc3c(NCC3CCCO3)n2)c1. The number of rotatable bonds is 5. The van der Waals surface area contributed by atoms with E-state index in [9.17, 15) is 4.39 Å². The number of hydrogen-bond acceptors (Lipinski definition) is 5. The van der Waals surface area contributed by atoms with Gasteiger partial charge in [-0.25, -0.2) is 14.4 Å². The molecule has 0 saturated carbocycles. The van der Waals surface area contributed by atoms with Gasteiger partial charge in [0.2, 0.25) is 0 Å². The molecule has 0 amide bonds. The van der Waals surface area contributed by atoms with Gasteiger partial charge in [0, 0.05) is 35.7 Å². The number of pyridine rings is 2. The Bertz CT molecular complexity index is 977. The summed E-state index contributed by atoms with van der Waals surface area (Å²) in [6.45, 7) is 1.41. The number of nitrogens with one attached hydrogen (secondary N) is 1. The lowest BCUT2D eigenvalue weighted by molar-refractivity contribution is 0.120. The molecule has 3 aromatic rings. The highest BCUT2D eigenvalue weighted by Crippen LogP contribution is 2.32. The quantitative estimate of drug-likeness (QED) is 0.644. The number of methoxy groups -OCH3 is 1. The minimum absolute atomic E-state index is 0.149.